The summed E-state index contributed by atoms with van der Waals surface area (Å²) in [6, 6.07) is 2.98. The fourth-order valence-electron chi connectivity index (χ4n) is 1.75. The minimum absolute atomic E-state index is 0.0751. The lowest BCUT2D eigenvalue weighted by Gasteiger charge is -2.19. The number of carbonyl (C=O) groups excluding carboxylic acids is 1. The van der Waals surface area contributed by atoms with Gasteiger partial charge in [-0.05, 0) is 24.1 Å². The van der Waals surface area contributed by atoms with Gasteiger partial charge in [-0.25, -0.2) is 4.79 Å². The van der Waals surface area contributed by atoms with E-state index in [2.05, 4.69) is 5.32 Å². The first-order valence-electron chi connectivity index (χ1n) is 4.86. The number of benzene rings is 1. The van der Waals surface area contributed by atoms with E-state index in [9.17, 15) is 9.59 Å². The van der Waals surface area contributed by atoms with Crippen LogP contribution in [-0.2, 0) is 11.2 Å². The number of hydrogen-bond donors (Lipinski definition) is 2. The van der Waals surface area contributed by atoms with Gasteiger partial charge in [-0.1, -0.05) is 0 Å². The molecule has 0 saturated carbocycles. The fourth-order valence-corrected chi connectivity index (χ4v) is 1.75. The Kier molecular flexibility index (Phi) is 2.52. The van der Waals surface area contributed by atoms with E-state index < -0.39 is 5.97 Å². The molecule has 2 N–H and O–H groups in total. The summed E-state index contributed by atoms with van der Waals surface area (Å²) in [6.07, 6.45) is 0.915. The molecule has 0 aliphatic carbocycles. The van der Waals surface area contributed by atoms with Gasteiger partial charge in [0.15, 0.2) is 0 Å². The van der Waals surface area contributed by atoms with Gasteiger partial charge >= 0.3 is 5.97 Å². The molecule has 0 saturated heterocycles. The highest BCUT2D eigenvalue weighted by atomic mass is 16.5. The Bertz CT molecular complexity index is 450. The number of aryl methyl sites for hydroxylation is 1. The van der Waals surface area contributed by atoms with E-state index in [4.69, 9.17) is 9.84 Å². The van der Waals surface area contributed by atoms with Gasteiger partial charge in [0.1, 0.15) is 5.75 Å². The van der Waals surface area contributed by atoms with Gasteiger partial charge < -0.3 is 15.2 Å². The molecule has 0 aromatic heterocycles. The van der Waals surface area contributed by atoms with Gasteiger partial charge in [0.25, 0.3) is 0 Å². The lowest BCUT2D eigenvalue weighted by molar-refractivity contribution is -0.116. The van der Waals surface area contributed by atoms with Crippen molar-refractivity contribution in [3.63, 3.8) is 0 Å². The number of anilines is 1. The normalized spacial score (nSPS) is 13.9. The molecule has 2 rings (SSSR count). The van der Waals surface area contributed by atoms with Gasteiger partial charge in [0.2, 0.25) is 5.91 Å². The molecule has 0 atom stereocenters. The molecule has 84 valence electrons. The summed E-state index contributed by atoms with van der Waals surface area (Å²) in [5, 5.41) is 11.6. The molecule has 1 amide bonds. The monoisotopic (exact) mass is 221 g/mol. The van der Waals surface area contributed by atoms with E-state index >= 15 is 0 Å². The van der Waals surface area contributed by atoms with Crippen LogP contribution in [0.3, 0.4) is 0 Å². The van der Waals surface area contributed by atoms with Gasteiger partial charge in [-0.2, -0.15) is 0 Å². The molecular weight excluding hydrogens is 210 g/mol. The van der Waals surface area contributed by atoms with Crippen LogP contribution in [-0.4, -0.2) is 24.1 Å². The molecule has 0 radical (unpaired) electrons. The maximum absolute atomic E-state index is 11.2. The number of carboxylic acids is 1. The van der Waals surface area contributed by atoms with Gasteiger partial charge in [0, 0.05) is 6.42 Å². The van der Waals surface area contributed by atoms with Crippen molar-refractivity contribution in [3.05, 3.63) is 23.3 Å². The van der Waals surface area contributed by atoms with Crippen molar-refractivity contribution < 1.29 is 19.4 Å². The summed E-state index contributed by atoms with van der Waals surface area (Å²) in [5.41, 5.74) is 1.56. The quantitative estimate of drug-likeness (QED) is 0.788. The number of nitrogens with one attached hydrogen (secondary N) is 1. The molecule has 16 heavy (non-hydrogen) atoms. The third-order valence-electron chi connectivity index (χ3n) is 2.54. The number of aromatic carboxylic acids is 1. The van der Waals surface area contributed by atoms with Crippen LogP contribution in [0.4, 0.5) is 5.69 Å². The van der Waals surface area contributed by atoms with E-state index in [1.165, 1.54) is 13.2 Å². The number of fused-ring (bicyclic) bond motifs is 1. The Labute approximate surface area is 92.0 Å². The first-order valence-corrected chi connectivity index (χ1v) is 4.86. The van der Waals surface area contributed by atoms with Crippen molar-refractivity contribution >= 4 is 17.6 Å². The number of methoxy groups -OCH3 is 1. The molecule has 1 aliphatic heterocycles. The van der Waals surface area contributed by atoms with Crippen molar-refractivity contribution in [3.8, 4) is 5.75 Å². The number of amides is 1. The lowest BCUT2D eigenvalue weighted by Crippen LogP contribution is -2.20. The van der Waals surface area contributed by atoms with Crippen LogP contribution in [0, 0.1) is 0 Å². The Balaban J connectivity index is 2.54. The number of carboxylic acid groups (broad SMARTS) is 1. The smallest absolute Gasteiger partial charge is 0.335 e. The van der Waals surface area contributed by atoms with Crippen LogP contribution in [0.2, 0.25) is 0 Å². The highest BCUT2D eigenvalue weighted by Crippen LogP contribution is 2.33. The molecule has 1 aromatic carbocycles. The average Bonchev–Trinajstić information content (AvgIpc) is 2.27. The summed E-state index contributed by atoms with van der Waals surface area (Å²) in [5.74, 6) is -0.685. The summed E-state index contributed by atoms with van der Waals surface area (Å²) in [7, 11) is 1.45. The maximum Gasteiger partial charge on any atom is 0.335 e. The Morgan fingerprint density at radius 2 is 2.19 bits per heavy atom. The molecule has 5 nitrogen and oxygen atoms in total. The third kappa shape index (κ3) is 1.71. The van der Waals surface area contributed by atoms with E-state index in [1.807, 2.05) is 0 Å². The molecule has 0 fully saturated rings. The van der Waals surface area contributed by atoms with Crippen LogP contribution in [0.15, 0.2) is 12.1 Å². The minimum atomic E-state index is -1.00. The second kappa shape index (κ2) is 3.84. The minimum Gasteiger partial charge on any atom is -0.495 e. The molecule has 0 unspecified atom stereocenters. The Morgan fingerprint density at radius 3 is 2.81 bits per heavy atom. The SMILES string of the molecule is COc1cc(C(=O)O)cc2c1NC(=O)CC2. The zero-order valence-corrected chi connectivity index (χ0v) is 8.74. The molecule has 1 aliphatic rings. The first kappa shape index (κ1) is 10.5. The topological polar surface area (TPSA) is 75.6 Å². The van der Waals surface area contributed by atoms with E-state index in [-0.39, 0.29) is 11.5 Å². The zero-order valence-electron chi connectivity index (χ0n) is 8.74. The summed E-state index contributed by atoms with van der Waals surface area (Å²) >= 11 is 0. The highest BCUT2D eigenvalue weighted by Gasteiger charge is 2.21. The number of hydrogen-bond acceptors (Lipinski definition) is 3. The molecule has 1 aromatic rings. The van der Waals surface area contributed by atoms with Crippen LogP contribution in [0.1, 0.15) is 22.3 Å². The maximum atomic E-state index is 11.2. The summed E-state index contributed by atoms with van der Waals surface area (Å²) in [6.45, 7) is 0. The second-order valence-electron chi connectivity index (χ2n) is 3.57. The van der Waals surface area contributed by atoms with Crippen LogP contribution < -0.4 is 10.1 Å². The standard InChI is InChI=1S/C11H11NO4/c1-16-8-5-7(11(14)15)4-6-2-3-9(13)12-10(6)8/h4-5H,2-3H2,1H3,(H,12,13)(H,14,15). The predicted molar refractivity (Wildman–Crippen MR) is 56.9 cm³/mol. The van der Waals surface area contributed by atoms with Crippen molar-refractivity contribution in [1.82, 2.24) is 0 Å². The van der Waals surface area contributed by atoms with Crippen LogP contribution in [0.25, 0.3) is 0 Å². The molecular formula is C11H11NO4. The molecule has 1 heterocycles. The molecule has 0 bridgehead atoms. The summed E-state index contributed by atoms with van der Waals surface area (Å²) < 4.78 is 5.07. The van der Waals surface area contributed by atoms with Crippen LogP contribution in [0.5, 0.6) is 5.75 Å². The second-order valence-corrected chi connectivity index (χ2v) is 3.57. The Morgan fingerprint density at radius 1 is 1.44 bits per heavy atom. The van der Waals surface area contributed by atoms with E-state index in [0.717, 1.165) is 5.56 Å². The van der Waals surface area contributed by atoms with Crippen molar-refractivity contribution in [1.29, 1.82) is 0 Å². The van der Waals surface area contributed by atoms with Crippen molar-refractivity contribution in [2.24, 2.45) is 0 Å². The van der Waals surface area contributed by atoms with Gasteiger partial charge in [0.05, 0.1) is 18.4 Å². The predicted octanol–water partition coefficient (Wildman–Crippen LogP) is 1.28. The molecule has 5 heteroatoms. The highest BCUT2D eigenvalue weighted by molar-refractivity contribution is 5.98. The van der Waals surface area contributed by atoms with Crippen LogP contribution >= 0.6 is 0 Å². The average molecular weight is 221 g/mol. The number of ether oxygens (including phenoxy) is 1. The fraction of sp³-hybridized carbons (Fsp3) is 0.273. The lowest BCUT2D eigenvalue weighted by atomic mass is 9.99. The Hall–Kier alpha value is -2.04. The number of rotatable bonds is 2. The van der Waals surface area contributed by atoms with Gasteiger partial charge in [-0.15, -0.1) is 0 Å². The third-order valence-corrected chi connectivity index (χ3v) is 2.54. The first-order chi connectivity index (χ1) is 7.61. The summed E-state index contributed by atoms with van der Waals surface area (Å²) in [4.78, 5) is 22.1. The van der Waals surface area contributed by atoms with Gasteiger partial charge in [-0.3, -0.25) is 4.79 Å². The number of carbonyl (C=O) groups is 2. The molecule has 0 spiro atoms. The van der Waals surface area contributed by atoms with Crippen molar-refractivity contribution in [2.75, 3.05) is 12.4 Å². The zero-order chi connectivity index (χ0) is 11.7. The largest absolute Gasteiger partial charge is 0.495 e. The van der Waals surface area contributed by atoms with E-state index in [1.54, 1.807) is 6.07 Å². The van der Waals surface area contributed by atoms with E-state index in [0.29, 0.717) is 24.3 Å². The van der Waals surface area contributed by atoms with Crippen molar-refractivity contribution in [2.45, 2.75) is 12.8 Å².